The van der Waals surface area contributed by atoms with E-state index in [1.54, 1.807) is 33.9 Å². The number of aliphatic hydroxyl groups excluding tert-OH is 1. The number of fused-ring (bicyclic) bond motifs is 4. The summed E-state index contributed by atoms with van der Waals surface area (Å²) in [6.07, 6.45) is 8.99. The average molecular weight is 451 g/mol. The minimum Gasteiger partial charge on any atom is -0.396 e. The molecule has 174 valence electrons. The lowest BCUT2D eigenvalue weighted by Gasteiger charge is -2.38. The molecule has 0 aromatic carbocycles. The molecular formula is C25H30N4O4. The van der Waals surface area contributed by atoms with Crippen LogP contribution in [0.1, 0.15) is 54.2 Å². The fourth-order valence-electron chi connectivity index (χ4n) is 6.03. The normalized spacial score (nSPS) is 26.6. The van der Waals surface area contributed by atoms with Crippen LogP contribution in [0.4, 0.5) is 0 Å². The molecule has 2 aromatic heterocycles. The van der Waals surface area contributed by atoms with E-state index in [9.17, 15) is 19.5 Å². The van der Waals surface area contributed by atoms with Gasteiger partial charge in [0.1, 0.15) is 0 Å². The van der Waals surface area contributed by atoms with Crippen molar-refractivity contribution >= 4 is 11.8 Å². The molecule has 4 heterocycles. The van der Waals surface area contributed by atoms with Gasteiger partial charge in [-0.2, -0.15) is 0 Å². The third kappa shape index (κ3) is 3.86. The highest BCUT2D eigenvalue weighted by Crippen LogP contribution is 2.48. The summed E-state index contributed by atoms with van der Waals surface area (Å²) in [6.45, 7) is 0.639. The first kappa shape index (κ1) is 21.8. The number of hydrogen-bond donors (Lipinski definition) is 2. The van der Waals surface area contributed by atoms with E-state index in [0.717, 1.165) is 12.8 Å². The summed E-state index contributed by atoms with van der Waals surface area (Å²) >= 11 is 0. The van der Waals surface area contributed by atoms with Crippen molar-refractivity contribution in [1.29, 1.82) is 0 Å². The Labute approximate surface area is 192 Å². The lowest BCUT2D eigenvalue weighted by atomic mass is 9.85. The van der Waals surface area contributed by atoms with Crippen molar-refractivity contribution in [3.63, 3.8) is 0 Å². The van der Waals surface area contributed by atoms with E-state index >= 15 is 0 Å². The SMILES string of the molecule is O=C(NCC1CCCCC1)[C@H]1[C@H](CO)[C@H]2Cn3c(cccc3=O)[C@@H]1N2C(=O)c1cccnc1. The van der Waals surface area contributed by atoms with Crippen LogP contribution in [0.25, 0.3) is 0 Å². The molecule has 2 N–H and O–H groups in total. The maximum Gasteiger partial charge on any atom is 0.256 e. The van der Waals surface area contributed by atoms with Gasteiger partial charge in [-0.15, -0.1) is 0 Å². The van der Waals surface area contributed by atoms with Crippen molar-refractivity contribution in [3.05, 3.63) is 64.3 Å². The van der Waals surface area contributed by atoms with E-state index < -0.39 is 23.9 Å². The van der Waals surface area contributed by atoms with Gasteiger partial charge in [0.05, 0.1) is 23.6 Å². The quantitative estimate of drug-likeness (QED) is 0.722. The number of carbonyl (C=O) groups is 2. The van der Waals surface area contributed by atoms with E-state index in [4.69, 9.17) is 0 Å². The van der Waals surface area contributed by atoms with Gasteiger partial charge in [0.2, 0.25) is 5.91 Å². The van der Waals surface area contributed by atoms with Gasteiger partial charge in [-0.1, -0.05) is 25.3 Å². The molecule has 5 rings (SSSR count). The Morgan fingerprint density at radius 2 is 1.94 bits per heavy atom. The molecule has 8 nitrogen and oxygen atoms in total. The van der Waals surface area contributed by atoms with Gasteiger partial charge in [-0.05, 0) is 37.0 Å². The summed E-state index contributed by atoms with van der Waals surface area (Å²) in [5.41, 5.74) is 0.917. The first-order valence-corrected chi connectivity index (χ1v) is 11.9. The summed E-state index contributed by atoms with van der Waals surface area (Å²) in [7, 11) is 0. The minimum atomic E-state index is -0.625. The maximum absolute atomic E-state index is 13.6. The number of aromatic nitrogens is 2. The Morgan fingerprint density at radius 3 is 2.67 bits per heavy atom. The molecule has 2 aliphatic heterocycles. The van der Waals surface area contributed by atoms with Gasteiger partial charge in [0.15, 0.2) is 0 Å². The fourth-order valence-corrected chi connectivity index (χ4v) is 6.03. The summed E-state index contributed by atoms with van der Waals surface area (Å²) in [5.74, 6) is -0.998. The van der Waals surface area contributed by atoms with Crippen LogP contribution in [0, 0.1) is 17.8 Å². The monoisotopic (exact) mass is 450 g/mol. The van der Waals surface area contributed by atoms with Gasteiger partial charge in [-0.3, -0.25) is 19.4 Å². The van der Waals surface area contributed by atoms with Gasteiger partial charge in [0.25, 0.3) is 11.5 Å². The number of aliphatic hydroxyl groups is 1. The van der Waals surface area contributed by atoms with Crippen molar-refractivity contribution < 1.29 is 14.7 Å². The van der Waals surface area contributed by atoms with E-state index in [1.807, 2.05) is 6.07 Å². The molecule has 4 atom stereocenters. The zero-order valence-corrected chi connectivity index (χ0v) is 18.6. The molecule has 0 radical (unpaired) electrons. The third-order valence-electron chi connectivity index (χ3n) is 7.66. The largest absolute Gasteiger partial charge is 0.396 e. The minimum absolute atomic E-state index is 0.152. The Bertz CT molecular complexity index is 1080. The molecule has 3 aliphatic rings. The third-order valence-corrected chi connectivity index (χ3v) is 7.66. The number of rotatable bonds is 5. The summed E-state index contributed by atoms with van der Waals surface area (Å²) in [6, 6.07) is 7.31. The number of pyridine rings is 2. The maximum atomic E-state index is 13.6. The number of carbonyl (C=O) groups excluding carboxylic acids is 2. The lowest BCUT2D eigenvalue weighted by molar-refractivity contribution is -0.127. The second-order valence-corrected chi connectivity index (χ2v) is 9.49. The Morgan fingerprint density at radius 1 is 1.12 bits per heavy atom. The highest BCUT2D eigenvalue weighted by Gasteiger charge is 2.57. The topological polar surface area (TPSA) is 105 Å². The molecule has 0 spiro atoms. The molecule has 2 amide bonds. The highest BCUT2D eigenvalue weighted by molar-refractivity contribution is 5.95. The standard InChI is InChI=1S/C25H30N4O4/c30-15-18-20-14-28-19(9-4-10-21(28)31)23(29(20)25(33)17-8-5-11-26-13-17)22(18)24(32)27-12-16-6-2-1-3-7-16/h4-5,8-11,13,16,18,20,22-23,30H,1-3,6-7,12,14-15H2,(H,27,32)/t18-,20-,22+,23+/m1/s1. The van der Waals surface area contributed by atoms with Crippen LogP contribution < -0.4 is 10.9 Å². The number of hydrogen-bond acceptors (Lipinski definition) is 5. The summed E-state index contributed by atoms with van der Waals surface area (Å²) < 4.78 is 1.65. The van der Waals surface area contributed by atoms with Gasteiger partial charge in [-0.25, -0.2) is 0 Å². The van der Waals surface area contributed by atoms with E-state index in [1.165, 1.54) is 31.5 Å². The first-order chi connectivity index (χ1) is 16.1. The summed E-state index contributed by atoms with van der Waals surface area (Å²) in [4.78, 5) is 45.5. The summed E-state index contributed by atoms with van der Waals surface area (Å²) in [5, 5.41) is 13.5. The Hall–Kier alpha value is -3.00. The highest BCUT2D eigenvalue weighted by atomic mass is 16.3. The Kier molecular flexibility index (Phi) is 6.01. The first-order valence-electron chi connectivity index (χ1n) is 11.9. The molecule has 33 heavy (non-hydrogen) atoms. The van der Waals surface area contributed by atoms with Crippen LogP contribution in [0.5, 0.6) is 0 Å². The molecule has 8 heteroatoms. The zero-order chi connectivity index (χ0) is 22.9. The van der Waals surface area contributed by atoms with E-state index in [-0.39, 0.29) is 30.5 Å². The van der Waals surface area contributed by atoms with Crippen molar-refractivity contribution in [2.24, 2.45) is 17.8 Å². The predicted octanol–water partition coefficient (Wildman–Crippen LogP) is 1.74. The molecule has 1 saturated heterocycles. The number of nitrogens with one attached hydrogen (secondary N) is 1. The van der Waals surface area contributed by atoms with Gasteiger partial charge < -0.3 is 19.9 Å². The number of amides is 2. The number of nitrogens with zero attached hydrogens (tertiary/aromatic N) is 3. The van der Waals surface area contributed by atoms with Crippen LogP contribution in [-0.2, 0) is 11.3 Å². The van der Waals surface area contributed by atoms with E-state index in [2.05, 4.69) is 10.3 Å². The molecule has 2 bridgehead atoms. The molecule has 1 aliphatic carbocycles. The Balaban J connectivity index is 1.50. The van der Waals surface area contributed by atoms with Crippen molar-refractivity contribution in [2.75, 3.05) is 13.2 Å². The smallest absolute Gasteiger partial charge is 0.256 e. The molecular weight excluding hydrogens is 420 g/mol. The van der Waals surface area contributed by atoms with Crippen LogP contribution in [-0.4, -0.2) is 50.6 Å². The molecule has 2 fully saturated rings. The molecule has 0 unspecified atom stereocenters. The van der Waals surface area contributed by atoms with Crippen molar-refractivity contribution in [2.45, 2.75) is 50.7 Å². The second kappa shape index (κ2) is 9.09. The van der Waals surface area contributed by atoms with Gasteiger partial charge >= 0.3 is 0 Å². The molecule has 2 aromatic rings. The van der Waals surface area contributed by atoms with Crippen LogP contribution in [0.3, 0.4) is 0 Å². The zero-order valence-electron chi connectivity index (χ0n) is 18.6. The van der Waals surface area contributed by atoms with Crippen molar-refractivity contribution in [1.82, 2.24) is 19.8 Å². The van der Waals surface area contributed by atoms with Gasteiger partial charge in [0, 0.05) is 49.8 Å². The van der Waals surface area contributed by atoms with Crippen LogP contribution in [0.2, 0.25) is 0 Å². The molecule has 1 saturated carbocycles. The lowest BCUT2D eigenvalue weighted by Crippen LogP contribution is -2.49. The van der Waals surface area contributed by atoms with Crippen molar-refractivity contribution in [3.8, 4) is 0 Å². The van der Waals surface area contributed by atoms with Crippen LogP contribution in [0.15, 0.2) is 47.5 Å². The fraction of sp³-hybridized carbons (Fsp3) is 0.520. The van der Waals surface area contributed by atoms with Crippen LogP contribution >= 0.6 is 0 Å². The second-order valence-electron chi connectivity index (χ2n) is 9.49. The average Bonchev–Trinajstić information content (AvgIpc) is 3.10. The van der Waals surface area contributed by atoms with E-state index in [0.29, 0.717) is 23.7 Å². The predicted molar refractivity (Wildman–Crippen MR) is 121 cm³/mol.